The second-order valence-electron chi connectivity index (χ2n) is 7.06. The Kier molecular flexibility index (Phi) is 27.0. The van der Waals surface area contributed by atoms with Crippen LogP contribution >= 0.6 is 7.82 Å². The Morgan fingerprint density at radius 1 is 0.571 bits per heavy atom. The van der Waals surface area contributed by atoms with Gasteiger partial charge in [-0.25, -0.2) is 4.57 Å². The van der Waals surface area contributed by atoms with Crippen LogP contribution in [0.4, 0.5) is 0 Å². The van der Waals surface area contributed by atoms with E-state index < -0.39 is 7.82 Å². The fourth-order valence-electron chi connectivity index (χ4n) is 2.79. The van der Waals surface area contributed by atoms with Crippen molar-refractivity contribution in [2.75, 3.05) is 33.0 Å². The molecule has 0 saturated carbocycles. The topological polar surface area (TPSA) is 116 Å². The van der Waals surface area contributed by atoms with Crippen molar-refractivity contribution in [3.8, 4) is 0 Å². The maximum atomic E-state index is 8.88. The Morgan fingerprint density at radius 3 is 1.25 bits per heavy atom. The van der Waals surface area contributed by atoms with Crippen LogP contribution in [-0.4, -0.2) is 52.8 Å². The van der Waals surface area contributed by atoms with Crippen molar-refractivity contribution in [3.05, 3.63) is 0 Å². The van der Waals surface area contributed by atoms with Crippen LogP contribution in [0.5, 0.6) is 0 Å². The molecule has 0 rings (SSSR count). The summed E-state index contributed by atoms with van der Waals surface area (Å²) in [6.45, 7) is 4.89. The molecule has 0 bridgehead atoms. The first-order chi connectivity index (χ1) is 13.4. The van der Waals surface area contributed by atoms with Crippen molar-refractivity contribution in [1.82, 2.24) is 0 Å². The maximum Gasteiger partial charge on any atom is 0.466 e. The molecule has 0 aromatic heterocycles. The average molecular weight is 429 g/mol. The summed E-state index contributed by atoms with van der Waals surface area (Å²) < 4.78 is 19.5. The number of aliphatic hydroxyl groups is 1. The largest absolute Gasteiger partial charge is 0.466 e. The number of aliphatic hydroxyl groups excluding tert-OH is 1. The summed E-state index contributed by atoms with van der Waals surface area (Å²) in [5, 5.41) is 8.54. The molecule has 4 N–H and O–H groups in total. The summed E-state index contributed by atoms with van der Waals surface area (Å²) in [7, 11) is -4.64. The number of unbranched alkanes of at least 4 members (excludes halogenated alkanes) is 13. The van der Waals surface area contributed by atoms with Crippen LogP contribution in [0.1, 0.15) is 96.8 Å². The molecule has 0 spiro atoms. The van der Waals surface area contributed by atoms with Crippen LogP contribution in [0, 0.1) is 0 Å². The van der Waals surface area contributed by atoms with Gasteiger partial charge in [0.2, 0.25) is 0 Å². The molecule has 0 aliphatic rings. The zero-order valence-corrected chi connectivity index (χ0v) is 18.8. The second kappa shape index (κ2) is 25.0. The fourth-order valence-corrected chi connectivity index (χ4v) is 2.79. The van der Waals surface area contributed by atoms with Gasteiger partial charge in [0.1, 0.15) is 0 Å². The molecule has 0 aromatic rings. The number of ether oxygens (including phenoxy) is 2. The average Bonchev–Trinajstić information content (AvgIpc) is 2.62. The lowest BCUT2D eigenvalue weighted by molar-refractivity contribution is 0.0321. The molecule has 0 aromatic carbocycles. The lowest BCUT2D eigenvalue weighted by atomic mass is 10.0. The van der Waals surface area contributed by atoms with E-state index >= 15 is 0 Å². The monoisotopic (exact) mass is 428 g/mol. The maximum absolute atomic E-state index is 8.88. The Labute approximate surface area is 172 Å². The van der Waals surface area contributed by atoms with Crippen LogP contribution in [0.15, 0.2) is 0 Å². The van der Waals surface area contributed by atoms with Gasteiger partial charge in [-0.1, -0.05) is 90.4 Å². The van der Waals surface area contributed by atoms with Crippen LogP contribution in [0.3, 0.4) is 0 Å². The molecule has 8 heteroatoms. The minimum absolute atomic E-state index is 0.0962. The third-order valence-corrected chi connectivity index (χ3v) is 4.25. The SMILES string of the molecule is CCCCCCCCCCCCCCCCOCCOCCO.O=P(O)(O)O. The van der Waals surface area contributed by atoms with Crippen molar-refractivity contribution >= 4 is 7.82 Å². The first-order valence-electron chi connectivity index (χ1n) is 11.0. The summed E-state index contributed by atoms with van der Waals surface area (Å²) in [5.74, 6) is 0. The summed E-state index contributed by atoms with van der Waals surface area (Å²) in [4.78, 5) is 21.6. The first kappa shape index (κ1) is 30.2. The molecule has 0 amide bonds. The molecule has 0 unspecified atom stereocenters. The normalized spacial score (nSPS) is 11.3. The van der Waals surface area contributed by atoms with E-state index in [2.05, 4.69) is 6.92 Å². The highest BCUT2D eigenvalue weighted by atomic mass is 31.2. The molecule has 0 aliphatic heterocycles. The zero-order valence-electron chi connectivity index (χ0n) is 17.9. The van der Waals surface area contributed by atoms with E-state index in [4.69, 9.17) is 33.8 Å². The van der Waals surface area contributed by atoms with Gasteiger partial charge in [-0.15, -0.1) is 0 Å². The minimum Gasteiger partial charge on any atom is -0.394 e. The van der Waals surface area contributed by atoms with Gasteiger partial charge in [0.05, 0.1) is 26.4 Å². The van der Waals surface area contributed by atoms with Gasteiger partial charge in [0, 0.05) is 6.61 Å². The van der Waals surface area contributed by atoms with Crippen molar-refractivity contribution in [2.24, 2.45) is 0 Å². The number of rotatable bonds is 20. The van der Waals surface area contributed by atoms with E-state index in [0.29, 0.717) is 19.8 Å². The minimum atomic E-state index is -4.64. The fraction of sp³-hybridized carbons (Fsp3) is 1.00. The standard InChI is InChI=1S/C20H42O3.H3O4P/c1-2-3-4-5-6-7-8-9-10-11-12-13-14-15-17-22-19-20-23-18-16-21;1-5(2,3)4/h21H,2-20H2,1H3;(H3,1,2,3,4). The molecule has 0 saturated heterocycles. The van der Waals surface area contributed by atoms with Gasteiger partial charge in [0.25, 0.3) is 0 Å². The Morgan fingerprint density at radius 2 is 0.893 bits per heavy atom. The number of phosphoric acid groups is 1. The Bertz CT molecular complexity index is 295. The molecule has 0 atom stereocenters. The van der Waals surface area contributed by atoms with E-state index in [9.17, 15) is 0 Å². The molecular weight excluding hydrogens is 383 g/mol. The summed E-state index contributed by atoms with van der Waals surface area (Å²) in [6.07, 6.45) is 19.5. The van der Waals surface area contributed by atoms with Crippen molar-refractivity contribution in [2.45, 2.75) is 96.8 Å². The van der Waals surface area contributed by atoms with Gasteiger partial charge < -0.3 is 29.3 Å². The highest BCUT2D eigenvalue weighted by molar-refractivity contribution is 7.45. The molecule has 0 radical (unpaired) electrons. The molecule has 7 nitrogen and oxygen atoms in total. The first-order valence-corrected chi connectivity index (χ1v) is 12.5. The van der Waals surface area contributed by atoms with Gasteiger partial charge in [0.15, 0.2) is 0 Å². The molecule has 172 valence electrons. The molecular formula is C20H45O7P. The quantitative estimate of drug-likeness (QED) is 0.166. The van der Waals surface area contributed by atoms with Gasteiger partial charge in [-0.2, -0.15) is 0 Å². The third-order valence-electron chi connectivity index (χ3n) is 4.25. The highest BCUT2D eigenvalue weighted by Crippen LogP contribution is 2.25. The number of hydrogen-bond acceptors (Lipinski definition) is 4. The Hall–Kier alpha value is -0.0100. The Balaban J connectivity index is 0. The summed E-state index contributed by atoms with van der Waals surface area (Å²) in [5.41, 5.74) is 0. The van der Waals surface area contributed by atoms with Crippen LogP contribution in [0.2, 0.25) is 0 Å². The zero-order chi connectivity index (χ0) is 21.3. The predicted octanol–water partition coefficient (Wildman–Crippen LogP) is 4.56. The third kappa shape index (κ3) is 40.6. The van der Waals surface area contributed by atoms with E-state index in [1.165, 1.54) is 83.5 Å². The highest BCUT2D eigenvalue weighted by Gasteiger charge is 2.00. The lowest BCUT2D eigenvalue weighted by Gasteiger charge is -2.05. The van der Waals surface area contributed by atoms with Gasteiger partial charge in [-0.3, -0.25) is 0 Å². The van der Waals surface area contributed by atoms with Crippen molar-refractivity contribution < 1.29 is 33.8 Å². The number of hydrogen-bond donors (Lipinski definition) is 4. The molecule has 0 heterocycles. The molecule has 0 fully saturated rings. The van der Waals surface area contributed by atoms with Crippen LogP contribution < -0.4 is 0 Å². The summed E-state index contributed by atoms with van der Waals surface area (Å²) >= 11 is 0. The molecule has 28 heavy (non-hydrogen) atoms. The van der Waals surface area contributed by atoms with Gasteiger partial charge in [-0.05, 0) is 6.42 Å². The van der Waals surface area contributed by atoms with Crippen LogP contribution in [0.25, 0.3) is 0 Å². The van der Waals surface area contributed by atoms with E-state index in [1.807, 2.05) is 0 Å². The van der Waals surface area contributed by atoms with E-state index in [1.54, 1.807) is 0 Å². The summed E-state index contributed by atoms with van der Waals surface area (Å²) in [6, 6.07) is 0. The molecule has 0 aliphatic carbocycles. The van der Waals surface area contributed by atoms with Crippen molar-refractivity contribution in [3.63, 3.8) is 0 Å². The lowest BCUT2D eigenvalue weighted by Crippen LogP contribution is -2.07. The van der Waals surface area contributed by atoms with Gasteiger partial charge >= 0.3 is 7.82 Å². The van der Waals surface area contributed by atoms with E-state index in [0.717, 1.165) is 13.0 Å². The predicted molar refractivity (Wildman–Crippen MR) is 113 cm³/mol. The van der Waals surface area contributed by atoms with E-state index in [-0.39, 0.29) is 6.61 Å². The van der Waals surface area contributed by atoms with Crippen molar-refractivity contribution in [1.29, 1.82) is 0 Å². The second-order valence-corrected chi connectivity index (χ2v) is 8.08. The smallest absolute Gasteiger partial charge is 0.394 e. The van der Waals surface area contributed by atoms with Crippen LogP contribution in [-0.2, 0) is 14.0 Å².